The number of ether oxygens (including phenoxy) is 1. The van der Waals surface area contributed by atoms with Gasteiger partial charge in [0.2, 0.25) is 0 Å². The highest BCUT2D eigenvalue weighted by Crippen LogP contribution is 2.15. The minimum atomic E-state index is -0.912. The van der Waals surface area contributed by atoms with Crippen LogP contribution in [0.3, 0.4) is 0 Å². The quantitative estimate of drug-likeness (QED) is 0.853. The van der Waals surface area contributed by atoms with Crippen molar-refractivity contribution < 1.29 is 18.7 Å². The summed E-state index contributed by atoms with van der Waals surface area (Å²) in [6.07, 6.45) is 0. The van der Waals surface area contributed by atoms with Crippen molar-refractivity contribution in [2.75, 3.05) is 6.61 Å². The first kappa shape index (κ1) is 17.0. The van der Waals surface area contributed by atoms with E-state index in [9.17, 15) is 14.0 Å². The molecular formula is C17H15ClFNO3. The van der Waals surface area contributed by atoms with Crippen LogP contribution in [0.2, 0.25) is 5.02 Å². The molecule has 0 unspecified atom stereocenters. The van der Waals surface area contributed by atoms with Crippen molar-refractivity contribution in [1.29, 1.82) is 0 Å². The van der Waals surface area contributed by atoms with E-state index in [-0.39, 0.29) is 10.6 Å². The van der Waals surface area contributed by atoms with Gasteiger partial charge >= 0.3 is 5.97 Å². The molecule has 1 N–H and O–H groups in total. The van der Waals surface area contributed by atoms with Crippen LogP contribution in [-0.4, -0.2) is 18.5 Å². The Kier molecular flexibility index (Phi) is 5.71. The highest BCUT2D eigenvalue weighted by molar-refractivity contribution is 6.30. The van der Waals surface area contributed by atoms with Crippen LogP contribution in [0.1, 0.15) is 21.5 Å². The third-order valence-electron chi connectivity index (χ3n) is 3.22. The Balaban J connectivity index is 1.84. The molecule has 0 heterocycles. The molecule has 0 spiro atoms. The molecule has 0 aromatic heterocycles. The molecule has 0 radical (unpaired) electrons. The molecule has 2 aromatic rings. The van der Waals surface area contributed by atoms with Gasteiger partial charge in [-0.3, -0.25) is 4.79 Å². The summed E-state index contributed by atoms with van der Waals surface area (Å²) in [6, 6.07) is 11.2. The predicted molar refractivity (Wildman–Crippen MR) is 84.7 cm³/mol. The standard InChI is InChI=1S/C17H15ClFNO3/c1-11-4-2-3-5-12(11)9-20-16(21)10-23-17(22)14-7-6-13(18)8-15(14)19/h2-8H,9-10H2,1H3,(H,20,21). The summed E-state index contributed by atoms with van der Waals surface area (Å²) in [5.41, 5.74) is 1.75. The number of carbonyl (C=O) groups excluding carboxylic acids is 2. The van der Waals surface area contributed by atoms with Gasteiger partial charge in [0.05, 0.1) is 5.56 Å². The van der Waals surface area contributed by atoms with Crippen LogP contribution in [0, 0.1) is 12.7 Å². The van der Waals surface area contributed by atoms with Gasteiger partial charge < -0.3 is 10.1 Å². The normalized spacial score (nSPS) is 10.2. The van der Waals surface area contributed by atoms with E-state index in [4.69, 9.17) is 16.3 Å². The summed E-state index contributed by atoms with van der Waals surface area (Å²) in [6.45, 7) is 1.79. The van der Waals surface area contributed by atoms with Crippen LogP contribution < -0.4 is 5.32 Å². The summed E-state index contributed by atoms with van der Waals surface area (Å²) < 4.78 is 18.3. The Morgan fingerprint density at radius 3 is 2.65 bits per heavy atom. The zero-order chi connectivity index (χ0) is 16.8. The molecule has 0 aliphatic heterocycles. The molecule has 120 valence electrons. The van der Waals surface area contributed by atoms with Crippen molar-refractivity contribution in [3.63, 3.8) is 0 Å². The summed E-state index contributed by atoms with van der Waals surface area (Å²) in [4.78, 5) is 23.4. The first-order valence-corrected chi connectivity index (χ1v) is 7.28. The van der Waals surface area contributed by atoms with Crippen LogP contribution in [0.4, 0.5) is 4.39 Å². The van der Waals surface area contributed by atoms with Crippen molar-refractivity contribution in [2.45, 2.75) is 13.5 Å². The van der Waals surface area contributed by atoms with Gasteiger partial charge in [-0.2, -0.15) is 0 Å². The molecule has 2 aromatic carbocycles. The van der Waals surface area contributed by atoms with Crippen LogP contribution in [-0.2, 0) is 16.1 Å². The van der Waals surface area contributed by atoms with Crippen molar-refractivity contribution in [3.05, 3.63) is 70.0 Å². The molecule has 0 saturated carbocycles. The summed E-state index contributed by atoms with van der Waals surface area (Å²) in [5.74, 6) is -2.16. The maximum Gasteiger partial charge on any atom is 0.341 e. The minimum Gasteiger partial charge on any atom is -0.452 e. The van der Waals surface area contributed by atoms with Gasteiger partial charge in [-0.15, -0.1) is 0 Å². The minimum absolute atomic E-state index is 0.176. The monoisotopic (exact) mass is 335 g/mol. The number of halogens is 2. The first-order chi connectivity index (χ1) is 11.0. The topological polar surface area (TPSA) is 55.4 Å². The number of benzene rings is 2. The second-order valence-corrected chi connectivity index (χ2v) is 5.34. The van der Waals surface area contributed by atoms with E-state index in [0.29, 0.717) is 6.54 Å². The molecule has 0 bridgehead atoms. The number of carbonyl (C=O) groups is 2. The van der Waals surface area contributed by atoms with E-state index in [0.717, 1.165) is 17.2 Å². The lowest BCUT2D eigenvalue weighted by atomic mass is 10.1. The number of nitrogens with one attached hydrogen (secondary N) is 1. The molecule has 1 amide bonds. The lowest BCUT2D eigenvalue weighted by Gasteiger charge is -2.09. The number of aryl methyl sites for hydroxylation is 1. The van der Waals surface area contributed by atoms with Crippen molar-refractivity contribution in [2.24, 2.45) is 0 Å². The Bertz CT molecular complexity index is 734. The van der Waals surface area contributed by atoms with Crippen LogP contribution in [0.25, 0.3) is 0 Å². The van der Waals surface area contributed by atoms with E-state index in [2.05, 4.69) is 5.32 Å². The van der Waals surface area contributed by atoms with Crippen molar-refractivity contribution in [1.82, 2.24) is 5.32 Å². The molecular weight excluding hydrogens is 321 g/mol. The van der Waals surface area contributed by atoms with Crippen molar-refractivity contribution >= 4 is 23.5 Å². The second kappa shape index (κ2) is 7.74. The van der Waals surface area contributed by atoms with Gasteiger partial charge in [0, 0.05) is 11.6 Å². The van der Waals surface area contributed by atoms with Crippen molar-refractivity contribution in [3.8, 4) is 0 Å². The van der Waals surface area contributed by atoms with E-state index in [1.165, 1.54) is 12.1 Å². The van der Waals surface area contributed by atoms with Gasteiger partial charge in [-0.25, -0.2) is 9.18 Å². The number of hydrogen-bond acceptors (Lipinski definition) is 3. The average molecular weight is 336 g/mol. The molecule has 0 saturated heterocycles. The molecule has 0 aliphatic rings. The summed E-state index contributed by atoms with van der Waals surface area (Å²) in [7, 11) is 0. The molecule has 6 heteroatoms. The van der Waals surface area contributed by atoms with Crippen LogP contribution in [0.5, 0.6) is 0 Å². The highest BCUT2D eigenvalue weighted by atomic mass is 35.5. The molecule has 0 atom stereocenters. The molecule has 0 aliphatic carbocycles. The smallest absolute Gasteiger partial charge is 0.341 e. The average Bonchev–Trinajstić information content (AvgIpc) is 2.52. The van der Waals surface area contributed by atoms with Crippen LogP contribution in [0.15, 0.2) is 42.5 Å². The number of amides is 1. The molecule has 23 heavy (non-hydrogen) atoms. The van der Waals surface area contributed by atoms with E-state index < -0.39 is 24.3 Å². The second-order valence-electron chi connectivity index (χ2n) is 4.90. The Hall–Kier alpha value is -2.40. The number of rotatable bonds is 5. The lowest BCUT2D eigenvalue weighted by Crippen LogP contribution is -2.28. The van der Waals surface area contributed by atoms with Crippen LogP contribution >= 0.6 is 11.6 Å². The molecule has 4 nitrogen and oxygen atoms in total. The highest BCUT2D eigenvalue weighted by Gasteiger charge is 2.15. The Labute approximate surface area is 138 Å². The summed E-state index contributed by atoms with van der Waals surface area (Å²) >= 11 is 5.61. The van der Waals surface area contributed by atoms with E-state index in [1.807, 2.05) is 31.2 Å². The fraction of sp³-hybridized carbons (Fsp3) is 0.176. The lowest BCUT2D eigenvalue weighted by molar-refractivity contribution is -0.124. The van der Waals surface area contributed by atoms with Gasteiger partial charge in [-0.1, -0.05) is 35.9 Å². The first-order valence-electron chi connectivity index (χ1n) is 6.91. The molecule has 2 rings (SSSR count). The largest absolute Gasteiger partial charge is 0.452 e. The molecule has 0 fully saturated rings. The Morgan fingerprint density at radius 2 is 1.96 bits per heavy atom. The fourth-order valence-corrected chi connectivity index (χ4v) is 2.08. The predicted octanol–water partition coefficient (Wildman–Crippen LogP) is 3.26. The van der Waals surface area contributed by atoms with E-state index >= 15 is 0 Å². The van der Waals surface area contributed by atoms with Gasteiger partial charge in [-0.05, 0) is 36.2 Å². The number of hydrogen-bond donors (Lipinski definition) is 1. The third kappa shape index (κ3) is 4.79. The van der Waals surface area contributed by atoms with Gasteiger partial charge in [0.1, 0.15) is 5.82 Å². The van der Waals surface area contributed by atoms with Gasteiger partial charge in [0.15, 0.2) is 6.61 Å². The fourth-order valence-electron chi connectivity index (χ4n) is 1.92. The third-order valence-corrected chi connectivity index (χ3v) is 3.46. The zero-order valence-corrected chi connectivity index (χ0v) is 13.2. The SMILES string of the molecule is Cc1ccccc1CNC(=O)COC(=O)c1ccc(Cl)cc1F. The van der Waals surface area contributed by atoms with E-state index in [1.54, 1.807) is 0 Å². The zero-order valence-electron chi connectivity index (χ0n) is 12.4. The number of esters is 1. The van der Waals surface area contributed by atoms with Gasteiger partial charge in [0.25, 0.3) is 5.91 Å². The maximum atomic E-state index is 13.6. The maximum absolute atomic E-state index is 13.6. The Morgan fingerprint density at radius 1 is 1.22 bits per heavy atom. The summed E-state index contributed by atoms with van der Waals surface area (Å²) in [5, 5.41) is 2.82.